The molecule has 34 heavy (non-hydrogen) atoms. The van der Waals surface area contributed by atoms with Crippen LogP contribution in [0.25, 0.3) is 11.1 Å². The van der Waals surface area contributed by atoms with Crippen molar-refractivity contribution in [1.29, 1.82) is 0 Å². The number of rotatable bonds is 9. The molecule has 7 nitrogen and oxygen atoms in total. The van der Waals surface area contributed by atoms with Crippen molar-refractivity contribution in [2.45, 2.75) is 44.1 Å². The van der Waals surface area contributed by atoms with E-state index >= 15 is 0 Å². The molecule has 2 amide bonds. The number of allylic oxidation sites excluding steroid dienone is 1. The number of fused-ring (bicyclic) bond motifs is 3. The van der Waals surface area contributed by atoms with Crippen LogP contribution < -0.4 is 10.6 Å². The van der Waals surface area contributed by atoms with Gasteiger partial charge in [0.15, 0.2) is 0 Å². The van der Waals surface area contributed by atoms with Gasteiger partial charge in [0, 0.05) is 24.9 Å². The van der Waals surface area contributed by atoms with Crippen molar-refractivity contribution in [2.75, 3.05) is 13.2 Å². The highest BCUT2D eigenvalue weighted by atomic mass is 16.5. The average Bonchev–Trinajstić information content (AvgIpc) is 3.16. The smallest absolute Gasteiger partial charge is 0.407 e. The number of aliphatic carboxylic acids is 1. The second kappa shape index (κ2) is 11.0. The summed E-state index contributed by atoms with van der Waals surface area (Å²) in [6, 6.07) is 16.2. The number of nitrogens with one attached hydrogen (secondary N) is 2. The number of alkyl carbamates (subject to hydrolysis) is 1. The van der Waals surface area contributed by atoms with E-state index in [9.17, 15) is 14.4 Å². The zero-order chi connectivity index (χ0) is 23.9. The first-order chi connectivity index (χ1) is 16.5. The van der Waals surface area contributed by atoms with Gasteiger partial charge in [0.2, 0.25) is 5.91 Å². The highest BCUT2D eigenvalue weighted by molar-refractivity contribution is 5.79. The minimum atomic E-state index is -0.831. The molecule has 2 aromatic rings. The molecule has 2 aromatic carbocycles. The molecule has 0 bridgehead atoms. The highest BCUT2D eigenvalue weighted by Crippen LogP contribution is 2.44. The summed E-state index contributed by atoms with van der Waals surface area (Å²) in [5.41, 5.74) is 4.72. The van der Waals surface area contributed by atoms with E-state index in [4.69, 9.17) is 9.84 Å². The Morgan fingerprint density at radius 1 is 0.971 bits per heavy atom. The van der Waals surface area contributed by atoms with Crippen LogP contribution in [0.4, 0.5) is 4.79 Å². The Labute approximate surface area is 199 Å². The first kappa shape index (κ1) is 23.5. The van der Waals surface area contributed by atoms with E-state index in [0.29, 0.717) is 38.6 Å². The van der Waals surface area contributed by atoms with Crippen molar-refractivity contribution in [3.63, 3.8) is 0 Å². The molecule has 178 valence electrons. The molecule has 0 radical (unpaired) electrons. The predicted molar refractivity (Wildman–Crippen MR) is 128 cm³/mol. The van der Waals surface area contributed by atoms with Crippen molar-refractivity contribution in [1.82, 2.24) is 10.6 Å². The van der Waals surface area contributed by atoms with Crippen molar-refractivity contribution in [3.05, 3.63) is 71.8 Å². The Hall–Kier alpha value is -3.61. The number of carbonyl (C=O) groups is 3. The van der Waals surface area contributed by atoms with E-state index in [-0.39, 0.29) is 24.5 Å². The number of hydrogen-bond donors (Lipinski definition) is 3. The maximum Gasteiger partial charge on any atom is 0.407 e. The second-order valence-corrected chi connectivity index (χ2v) is 8.82. The van der Waals surface area contributed by atoms with Gasteiger partial charge in [0.25, 0.3) is 0 Å². The fraction of sp³-hybridized carbons (Fsp3) is 0.370. The summed E-state index contributed by atoms with van der Waals surface area (Å²) in [5, 5.41) is 14.8. The number of carboxylic acid groups (broad SMARTS) is 1. The van der Waals surface area contributed by atoms with Gasteiger partial charge in [-0.25, -0.2) is 4.79 Å². The Balaban J connectivity index is 1.14. The van der Waals surface area contributed by atoms with E-state index in [1.54, 1.807) is 0 Å². The fourth-order valence-corrected chi connectivity index (χ4v) is 4.73. The number of benzene rings is 2. The lowest BCUT2D eigenvalue weighted by Crippen LogP contribution is -2.37. The normalized spacial score (nSPS) is 18.6. The van der Waals surface area contributed by atoms with Crippen molar-refractivity contribution < 1.29 is 24.2 Å². The first-order valence-electron chi connectivity index (χ1n) is 11.8. The SMILES string of the molecule is O=C(CCCCNC(=O)OCC1c2ccccc2-c2ccccc21)N[C@@H]1C=CC[C@@H](C(=O)O)C1. The number of carbonyl (C=O) groups excluding carboxylic acids is 2. The summed E-state index contributed by atoms with van der Waals surface area (Å²) >= 11 is 0. The zero-order valence-corrected chi connectivity index (χ0v) is 19.0. The monoisotopic (exact) mass is 462 g/mol. The van der Waals surface area contributed by atoms with Crippen LogP contribution in [0.5, 0.6) is 0 Å². The molecule has 0 unspecified atom stereocenters. The largest absolute Gasteiger partial charge is 0.481 e. The van der Waals surface area contributed by atoms with Gasteiger partial charge < -0.3 is 20.5 Å². The van der Waals surface area contributed by atoms with Crippen LogP contribution in [-0.2, 0) is 14.3 Å². The van der Waals surface area contributed by atoms with E-state index in [1.807, 2.05) is 36.4 Å². The molecule has 3 N–H and O–H groups in total. The molecule has 2 aliphatic rings. The first-order valence-corrected chi connectivity index (χ1v) is 11.8. The Morgan fingerprint density at radius 3 is 2.32 bits per heavy atom. The lowest BCUT2D eigenvalue weighted by atomic mass is 9.91. The molecule has 0 spiro atoms. The molecule has 0 aromatic heterocycles. The number of amides is 2. The van der Waals surface area contributed by atoms with Gasteiger partial charge >= 0.3 is 12.1 Å². The van der Waals surface area contributed by atoms with Crippen LogP contribution in [0.1, 0.15) is 49.1 Å². The van der Waals surface area contributed by atoms with Crippen LogP contribution in [0, 0.1) is 5.92 Å². The molecule has 0 heterocycles. The lowest BCUT2D eigenvalue weighted by molar-refractivity contribution is -0.142. The maximum absolute atomic E-state index is 12.2. The summed E-state index contributed by atoms with van der Waals surface area (Å²) in [4.78, 5) is 35.5. The fourth-order valence-electron chi connectivity index (χ4n) is 4.73. The molecule has 0 saturated carbocycles. The molecule has 0 saturated heterocycles. The topological polar surface area (TPSA) is 105 Å². The zero-order valence-electron chi connectivity index (χ0n) is 19.0. The second-order valence-electron chi connectivity index (χ2n) is 8.82. The van der Waals surface area contributed by atoms with Gasteiger partial charge in [-0.2, -0.15) is 0 Å². The predicted octanol–water partition coefficient (Wildman–Crippen LogP) is 4.23. The van der Waals surface area contributed by atoms with Gasteiger partial charge in [-0.05, 0) is 47.9 Å². The molecule has 0 aliphatic heterocycles. The van der Waals surface area contributed by atoms with Gasteiger partial charge in [-0.15, -0.1) is 0 Å². The molecule has 0 fully saturated rings. The third-order valence-corrected chi connectivity index (χ3v) is 6.47. The average molecular weight is 463 g/mol. The summed E-state index contributed by atoms with van der Waals surface area (Å²) in [7, 11) is 0. The third kappa shape index (κ3) is 5.65. The molecule has 2 atom stereocenters. The Kier molecular flexibility index (Phi) is 7.62. The summed E-state index contributed by atoms with van der Waals surface area (Å²) in [6.45, 7) is 0.697. The van der Waals surface area contributed by atoms with Crippen LogP contribution in [0.15, 0.2) is 60.7 Å². The minimum absolute atomic E-state index is 0.0245. The Morgan fingerprint density at radius 2 is 1.65 bits per heavy atom. The summed E-state index contributed by atoms with van der Waals surface area (Å²) < 4.78 is 5.51. The number of carboxylic acids is 1. The molecular weight excluding hydrogens is 432 g/mol. The van der Waals surface area contributed by atoms with Crippen LogP contribution in [0.3, 0.4) is 0 Å². The number of hydrogen-bond acceptors (Lipinski definition) is 4. The molecule has 2 aliphatic carbocycles. The van der Waals surface area contributed by atoms with Gasteiger partial charge in [-0.1, -0.05) is 60.7 Å². The minimum Gasteiger partial charge on any atom is -0.481 e. The van der Waals surface area contributed by atoms with Gasteiger partial charge in [0.1, 0.15) is 6.61 Å². The van der Waals surface area contributed by atoms with Crippen molar-refractivity contribution >= 4 is 18.0 Å². The van der Waals surface area contributed by atoms with E-state index in [1.165, 1.54) is 22.3 Å². The van der Waals surface area contributed by atoms with Crippen LogP contribution in [-0.4, -0.2) is 42.3 Å². The molecule has 4 rings (SSSR count). The van der Waals surface area contributed by atoms with Crippen molar-refractivity contribution in [2.24, 2.45) is 5.92 Å². The van der Waals surface area contributed by atoms with Gasteiger partial charge in [-0.3, -0.25) is 9.59 Å². The molecule has 7 heteroatoms. The number of ether oxygens (including phenoxy) is 1. The van der Waals surface area contributed by atoms with Crippen LogP contribution in [0.2, 0.25) is 0 Å². The Bertz CT molecular complexity index is 1030. The molecular formula is C27H30N2O5. The summed E-state index contributed by atoms with van der Waals surface area (Å²) in [6.07, 6.45) is 5.73. The standard InChI is InChI=1S/C27H30N2O5/c30-25(29-19-9-7-8-18(16-19)26(31)32)14-5-6-15-28-27(33)34-17-24-22-12-3-1-10-20(22)21-11-2-4-13-23(21)24/h1-4,7,9-13,18-19,24H,5-6,8,14-17H2,(H,28,33)(H,29,30)(H,31,32)/t18-,19-/m1/s1. The quantitative estimate of drug-likeness (QED) is 0.382. The highest BCUT2D eigenvalue weighted by Gasteiger charge is 2.29. The summed E-state index contributed by atoms with van der Waals surface area (Å²) in [5.74, 6) is -1.36. The van der Waals surface area contributed by atoms with E-state index in [2.05, 4.69) is 34.9 Å². The number of unbranched alkanes of at least 4 members (excludes halogenated alkanes) is 1. The van der Waals surface area contributed by atoms with E-state index in [0.717, 1.165) is 0 Å². The van der Waals surface area contributed by atoms with Crippen LogP contribution >= 0.6 is 0 Å². The lowest BCUT2D eigenvalue weighted by Gasteiger charge is -2.22. The van der Waals surface area contributed by atoms with Gasteiger partial charge in [0.05, 0.1) is 5.92 Å². The maximum atomic E-state index is 12.2. The van der Waals surface area contributed by atoms with Crippen molar-refractivity contribution in [3.8, 4) is 11.1 Å². The third-order valence-electron chi connectivity index (χ3n) is 6.47. The van der Waals surface area contributed by atoms with E-state index < -0.39 is 18.0 Å².